The Hall–Kier alpha value is -1.77. The predicted molar refractivity (Wildman–Crippen MR) is 143 cm³/mol. The van der Waals surface area contributed by atoms with Crippen LogP contribution in [0.3, 0.4) is 0 Å². The fourth-order valence-corrected chi connectivity index (χ4v) is 7.66. The first-order valence-electron chi connectivity index (χ1n) is 11.9. The second kappa shape index (κ2) is 10.3. The highest BCUT2D eigenvalue weighted by molar-refractivity contribution is 9.11. The van der Waals surface area contributed by atoms with Gasteiger partial charge in [0, 0.05) is 44.5 Å². The van der Waals surface area contributed by atoms with E-state index >= 15 is 0 Å². The highest BCUT2D eigenvalue weighted by Gasteiger charge is 2.41. The maximum Gasteiger partial charge on any atom is 0.245 e. The topological polar surface area (TPSA) is 48.3 Å². The number of carbonyl (C=O) groups excluding carboxylic acids is 1. The van der Waals surface area contributed by atoms with Crippen LogP contribution < -0.4 is 9.30 Å². The largest absolute Gasteiger partial charge is 0.342 e. The van der Waals surface area contributed by atoms with Crippen molar-refractivity contribution < 1.29 is 19.3 Å². The number of fused-ring (bicyclic) bond motifs is 2. The Morgan fingerprint density at radius 3 is 2.40 bits per heavy atom. The molecule has 0 spiro atoms. The van der Waals surface area contributed by atoms with Gasteiger partial charge in [-0.25, -0.2) is 4.57 Å². The summed E-state index contributed by atoms with van der Waals surface area (Å²) in [6, 6.07) is 10.5. The monoisotopic (exact) mass is 663 g/mol. The third-order valence-corrected chi connectivity index (χ3v) is 8.90. The highest BCUT2D eigenvalue weighted by Crippen LogP contribution is 2.45. The summed E-state index contributed by atoms with van der Waals surface area (Å²) in [6.45, 7) is 1.47. The van der Waals surface area contributed by atoms with Crippen LogP contribution in [-0.4, -0.2) is 29.1 Å². The van der Waals surface area contributed by atoms with E-state index in [-0.39, 0.29) is 11.8 Å². The van der Waals surface area contributed by atoms with E-state index in [0.29, 0.717) is 12.3 Å². The van der Waals surface area contributed by atoms with Gasteiger partial charge in [0.1, 0.15) is 7.05 Å². The SMILES string of the molecule is C[n+]1ccc(CC(=O)N2CCC(C3c4c(Br)cc(Br)cc4CCc4cc(Br)c[n+](O)c43)CC2)cc1. The van der Waals surface area contributed by atoms with Crippen molar-refractivity contribution in [2.45, 2.75) is 38.0 Å². The molecule has 3 aromatic rings. The minimum absolute atomic E-state index is 0.0504. The molecule has 3 heterocycles. The number of pyridine rings is 2. The normalized spacial score (nSPS) is 18.1. The molecular formula is C27H28Br3N3O2+2. The fraction of sp³-hybridized carbons (Fsp3) is 0.370. The molecule has 1 atom stereocenters. The van der Waals surface area contributed by atoms with Crippen molar-refractivity contribution in [1.82, 2.24) is 4.90 Å². The van der Waals surface area contributed by atoms with E-state index in [0.717, 1.165) is 63.4 Å². The third-order valence-electron chi connectivity index (χ3n) is 7.35. The Balaban J connectivity index is 1.43. The number of hydrogen-bond donors (Lipinski definition) is 1. The van der Waals surface area contributed by atoms with Gasteiger partial charge in [-0.15, -0.1) is 0 Å². The van der Waals surface area contributed by atoms with Crippen molar-refractivity contribution in [3.8, 4) is 0 Å². The fourth-order valence-electron chi connectivity index (χ4n) is 5.63. The van der Waals surface area contributed by atoms with Gasteiger partial charge >= 0.3 is 0 Å². The number of nitrogens with zero attached hydrogens (tertiary/aromatic N) is 3. The first-order valence-corrected chi connectivity index (χ1v) is 14.3. The zero-order valence-electron chi connectivity index (χ0n) is 19.6. The zero-order valence-corrected chi connectivity index (χ0v) is 24.3. The van der Waals surface area contributed by atoms with E-state index in [4.69, 9.17) is 0 Å². The summed E-state index contributed by atoms with van der Waals surface area (Å²) >= 11 is 11.1. The van der Waals surface area contributed by atoms with Crippen molar-refractivity contribution in [3.05, 3.63) is 90.3 Å². The molecule has 1 aliphatic carbocycles. The Morgan fingerprint density at radius 2 is 1.69 bits per heavy atom. The van der Waals surface area contributed by atoms with Crippen molar-refractivity contribution in [3.63, 3.8) is 0 Å². The van der Waals surface area contributed by atoms with Crippen LogP contribution >= 0.6 is 47.8 Å². The molecule has 1 aromatic carbocycles. The number of hydrogen-bond acceptors (Lipinski definition) is 2. The number of halogens is 3. The van der Waals surface area contributed by atoms with Crippen LogP contribution in [0.4, 0.5) is 0 Å². The van der Waals surface area contributed by atoms with Crippen LogP contribution in [0.25, 0.3) is 0 Å². The number of piperidine rings is 1. The smallest absolute Gasteiger partial charge is 0.245 e. The van der Waals surface area contributed by atoms with E-state index < -0.39 is 0 Å². The molecule has 35 heavy (non-hydrogen) atoms. The van der Waals surface area contributed by atoms with E-state index in [1.54, 1.807) is 6.20 Å². The van der Waals surface area contributed by atoms with Gasteiger partial charge in [-0.3, -0.25) is 10.0 Å². The minimum atomic E-state index is 0.0504. The summed E-state index contributed by atoms with van der Waals surface area (Å²) in [7, 11) is 1.98. The molecule has 1 saturated heterocycles. The lowest BCUT2D eigenvalue weighted by Crippen LogP contribution is -2.44. The Labute approximate surface area is 231 Å². The number of aromatic nitrogens is 2. The standard InChI is InChI=1S/C27H28Br3N3O2/c1-31-8-4-17(5-9-31)12-24(34)32-10-6-18(7-11-32)26-25-19(13-21(28)15-23(25)30)2-3-20-14-22(29)16-33(35)27(20)26/h4-5,8-9,13-16,18,26,35H,2-3,6-7,10-12H2,1H3/q+2. The Morgan fingerprint density at radius 1 is 1.03 bits per heavy atom. The molecule has 182 valence electrons. The number of aryl methyl sites for hydroxylation is 3. The lowest BCUT2D eigenvalue weighted by molar-refractivity contribution is -0.911. The van der Waals surface area contributed by atoms with E-state index in [1.807, 2.05) is 41.0 Å². The number of likely N-dealkylation sites (tertiary alicyclic amines) is 1. The second-order valence-corrected chi connectivity index (χ2v) is 12.3. The van der Waals surface area contributed by atoms with Crippen LogP contribution in [0.2, 0.25) is 0 Å². The summed E-state index contributed by atoms with van der Waals surface area (Å²) in [5, 5.41) is 11.1. The van der Waals surface area contributed by atoms with Gasteiger partial charge in [-0.05, 0) is 82.4 Å². The molecule has 5 rings (SSSR count). The minimum Gasteiger partial charge on any atom is -0.342 e. The molecule has 0 bridgehead atoms. The molecular weight excluding hydrogens is 638 g/mol. The molecule has 1 N–H and O–H groups in total. The van der Waals surface area contributed by atoms with Gasteiger partial charge in [0.25, 0.3) is 0 Å². The summed E-state index contributed by atoms with van der Waals surface area (Å²) in [6.07, 6.45) is 9.72. The van der Waals surface area contributed by atoms with Crippen molar-refractivity contribution >= 4 is 53.7 Å². The molecule has 1 unspecified atom stereocenters. The quantitative estimate of drug-likeness (QED) is 0.315. The van der Waals surface area contributed by atoms with E-state index in [1.165, 1.54) is 21.4 Å². The molecule has 8 heteroatoms. The predicted octanol–water partition coefficient (Wildman–Crippen LogP) is 5.04. The first-order chi connectivity index (χ1) is 16.8. The second-order valence-electron chi connectivity index (χ2n) is 9.62. The summed E-state index contributed by atoms with van der Waals surface area (Å²) in [4.78, 5) is 15.0. The van der Waals surface area contributed by atoms with Crippen LogP contribution in [0.1, 0.15) is 46.7 Å². The molecule has 0 radical (unpaired) electrons. The molecule has 0 saturated carbocycles. The summed E-state index contributed by atoms with van der Waals surface area (Å²) < 4.78 is 6.29. The van der Waals surface area contributed by atoms with Gasteiger partial charge in [0.05, 0.1) is 16.8 Å². The average Bonchev–Trinajstić information content (AvgIpc) is 2.98. The number of carbonyl (C=O) groups is 1. The maximum absolute atomic E-state index is 13.0. The van der Waals surface area contributed by atoms with Crippen LogP contribution in [0.5, 0.6) is 0 Å². The summed E-state index contributed by atoms with van der Waals surface area (Å²) in [5.41, 5.74) is 5.75. The highest BCUT2D eigenvalue weighted by atomic mass is 79.9. The van der Waals surface area contributed by atoms with E-state index in [2.05, 4.69) is 66.0 Å². The number of amides is 1. The molecule has 2 aromatic heterocycles. The van der Waals surface area contributed by atoms with Crippen LogP contribution in [0, 0.1) is 5.92 Å². The van der Waals surface area contributed by atoms with Gasteiger partial charge in [0.15, 0.2) is 12.4 Å². The van der Waals surface area contributed by atoms with Gasteiger partial charge < -0.3 is 4.90 Å². The summed E-state index contributed by atoms with van der Waals surface area (Å²) in [5.74, 6) is 0.558. The molecule has 1 fully saturated rings. The maximum atomic E-state index is 13.0. The molecule has 1 aliphatic heterocycles. The van der Waals surface area contributed by atoms with Crippen LogP contribution in [0.15, 0.2) is 62.3 Å². The Kier molecular flexibility index (Phi) is 7.33. The molecule has 1 amide bonds. The van der Waals surface area contributed by atoms with Crippen molar-refractivity contribution in [2.75, 3.05) is 13.1 Å². The van der Waals surface area contributed by atoms with Crippen LogP contribution in [-0.2, 0) is 31.1 Å². The number of benzene rings is 1. The van der Waals surface area contributed by atoms with Gasteiger partial charge in [0.2, 0.25) is 17.8 Å². The lowest BCUT2D eigenvalue weighted by Gasteiger charge is -2.36. The lowest BCUT2D eigenvalue weighted by atomic mass is 9.76. The van der Waals surface area contributed by atoms with Crippen molar-refractivity contribution in [2.24, 2.45) is 13.0 Å². The van der Waals surface area contributed by atoms with Gasteiger partial charge in [-0.1, -0.05) is 31.9 Å². The molecule has 5 nitrogen and oxygen atoms in total. The van der Waals surface area contributed by atoms with E-state index in [9.17, 15) is 10.0 Å². The third kappa shape index (κ3) is 5.20. The van der Waals surface area contributed by atoms with Gasteiger partial charge in [-0.2, -0.15) is 0 Å². The first kappa shape index (κ1) is 24.9. The average molecular weight is 666 g/mol. The number of rotatable bonds is 3. The zero-order chi connectivity index (χ0) is 24.7. The van der Waals surface area contributed by atoms with Crippen molar-refractivity contribution in [1.29, 1.82) is 0 Å². The molecule has 2 aliphatic rings. The Bertz CT molecular complexity index is 1210.